The van der Waals surface area contributed by atoms with Crippen molar-refractivity contribution >= 4 is 5.71 Å². The summed E-state index contributed by atoms with van der Waals surface area (Å²) in [6.07, 6.45) is 7.79. The van der Waals surface area contributed by atoms with Gasteiger partial charge in [-0.25, -0.2) is 0 Å². The molecular weight excluding hydrogens is 230 g/mol. The average molecular weight is 257 g/mol. The van der Waals surface area contributed by atoms with E-state index in [0.29, 0.717) is 0 Å². The number of benzene rings is 1. The molecule has 0 heterocycles. The Morgan fingerprint density at radius 2 is 1.95 bits per heavy atom. The van der Waals surface area contributed by atoms with E-state index in [2.05, 4.69) is 51.4 Å². The van der Waals surface area contributed by atoms with Gasteiger partial charge in [0.25, 0.3) is 0 Å². The second-order valence-corrected chi connectivity index (χ2v) is 5.14. The van der Waals surface area contributed by atoms with Gasteiger partial charge in [-0.2, -0.15) is 0 Å². The van der Waals surface area contributed by atoms with Gasteiger partial charge < -0.3 is 0 Å². The van der Waals surface area contributed by atoms with Crippen LogP contribution in [0.15, 0.2) is 29.9 Å². The molecule has 0 bridgehead atoms. The molecule has 0 radical (unpaired) electrons. The molecule has 104 valence electrons. The molecule has 0 fully saturated rings. The molecule has 19 heavy (non-hydrogen) atoms. The summed E-state index contributed by atoms with van der Waals surface area (Å²) < 4.78 is 0. The summed E-state index contributed by atoms with van der Waals surface area (Å²) in [4.78, 5) is 4.33. The first-order valence-corrected chi connectivity index (χ1v) is 7.42. The second kappa shape index (κ2) is 7.93. The van der Waals surface area contributed by atoms with Crippen LogP contribution in [-0.4, -0.2) is 5.71 Å². The van der Waals surface area contributed by atoms with E-state index in [9.17, 15) is 0 Å². The molecule has 0 aliphatic heterocycles. The minimum Gasteiger partial charge on any atom is -0.262 e. The molecule has 1 aromatic rings. The van der Waals surface area contributed by atoms with Gasteiger partial charge in [0.2, 0.25) is 0 Å². The van der Waals surface area contributed by atoms with Crippen LogP contribution in [0.2, 0.25) is 0 Å². The fraction of sp³-hybridized carbons (Fsp3) is 0.500. The molecular formula is C18H27N. The number of unbranched alkanes of at least 4 members (excludes halogenated alkanes) is 2. The van der Waals surface area contributed by atoms with Crippen molar-refractivity contribution < 1.29 is 0 Å². The Morgan fingerprint density at radius 1 is 1.21 bits per heavy atom. The van der Waals surface area contributed by atoms with Crippen LogP contribution in [0, 0.1) is 6.92 Å². The second-order valence-electron chi connectivity index (χ2n) is 5.14. The van der Waals surface area contributed by atoms with Gasteiger partial charge in [-0.05, 0) is 61.4 Å². The lowest BCUT2D eigenvalue weighted by Gasteiger charge is -2.13. The molecule has 0 N–H and O–H groups in total. The van der Waals surface area contributed by atoms with Gasteiger partial charge in [0.15, 0.2) is 0 Å². The van der Waals surface area contributed by atoms with Crippen LogP contribution in [0.1, 0.15) is 62.3 Å². The van der Waals surface area contributed by atoms with Crippen LogP contribution < -0.4 is 0 Å². The van der Waals surface area contributed by atoms with Crippen LogP contribution in [0.5, 0.6) is 0 Å². The minimum atomic E-state index is 1.06. The first-order valence-electron chi connectivity index (χ1n) is 7.42. The largest absolute Gasteiger partial charge is 0.262 e. The lowest BCUT2D eigenvalue weighted by atomic mass is 9.92. The first-order chi connectivity index (χ1) is 9.13. The van der Waals surface area contributed by atoms with Gasteiger partial charge in [-0.3, -0.25) is 4.99 Å². The summed E-state index contributed by atoms with van der Waals surface area (Å²) in [5.41, 5.74) is 6.63. The van der Waals surface area contributed by atoms with Crippen LogP contribution in [-0.2, 0) is 12.8 Å². The fourth-order valence-corrected chi connectivity index (χ4v) is 2.54. The van der Waals surface area contributed by atoms with E-state index in [1.165, 1.54) is 47.9 Å². The van der Waals surface area contributed by atoms with E-state index in [1.54, 1.807) is 6.20 Å². The minimum absolute atomic E-state index is 1.06. The molecule has 0 saturated heterocycles. The zero-order chi connectivity index (χ0) is 14.3. The van der Waals surface area contributed by atoms with Crippen molar-refractivity contribution in [3.8, 4) is 0 Å². The molecule has 0 aliphatic rings. The van der Waals surface area contributed by atoms with E-state index < -0.39 is 0 Å². The summed E-state index contributed by atoms with van der Waals surface area (Å²) in [5, 5.41) is 0. The van der Waals surface area contributed by atoms with E-state index in [-0.39, 0.29) is 0 Å². The van der Waals surface area contributed by atoms with Crippen molar-refractivity contribution in [2.24, 2.45) is 4.99 Å². The predicted octanol–water partition coefficient (Wildman–Crippen LogP) is 5.24. The van der Waals surface area contributed by atoms with Crippen molar-refractivity contribution in [1.29, 1.82) is 0 Å². The summed E-state index contributed by atoms with van der Waals surface area (Å²) in [7, 11) is 0. The molecule has 1 aromatic carbocycles. The predicted molar refractivity (Wildman–Crippen MR) is 86.2 cm³/mol. The van der Waals surface area contributed by atoms with Gasteiger partial charge in [0.05, 0.1) is 0 Å². The van der Waals surface area contributed by atoms with Gasteiger partial charge in [0, 0.05) is 11.9 Å². The number of hydrogen-bond donors (Lipinski definition) is 0. The van der Waals surface area contributed by atoms with E-state index in [0.717, 1.165) is 12.1 Å². The third-order valence-corrected chi connectivity index (χ3v) is 3.65. The van der Waals surface area contributed by atoms with E-state index in [4.69, 9.17) is 0 Å². The Labute approximate surface area is 118 Å². The maximum Gasteiger partial charge on any atom is 0.0447 e. The van der Waals surface area contributed by atoms with E-state index >= 15 is 0 Å². The normalized spacial score (nSPS) is 11.7. The van der Waals surface area contributed by atoms with E-state index in [1.807, 2.05) is 0 Å². The third-order valence-electron chi connectivity index (χ3n) is 3.65. The SMILES string of the molecule is C=CN=C(C)c1cc(CCCCC)c(CC)cc1C. The molecule has 1 nitrogen and oxygen atoms in total. The van der Waals surface area contributed by atoms with Crippen molar-refractivity contribution in [3.63, 3.8) is 0 Å². The van der Waals surface area contributed by atoms with Crippen LogP contribution in [0.3, 0.4) is 0 Å². The number of rotatable bonds is 7. The highest BCUT2D eigenvalue weighted by Crippen LogP contribution is 2.20. The van der Waals surface area contributed by atoms with Gasteiger partial charge in [-0.1, -0.05) is 39.3 Å². The zero-order valence-electron chi connectivity index (χ0n) is 12.9. The highest BCUT2D eigenvalue weighted by Gasteiger charge is 2.08. The van der Waals surface area contributed by atoms with Crippen LogP contribution in [0.4, 0.5) is 0 Å². The monoisotopic (exact) mass is 257 g/mol. The Bertz CT molecular complexity index is 455. The topological polar surface area (TPSA) is 12.4 Å². The highest BCUT2D eigenvalue weighted by atomic mass is 14.7. The Kier molecular flexibility index (Phi) is 6.55. The number of hydrogen-bond acceptors (Lipinski definition) is 1. The lowest BCUT2D eigenvalue weighted by molar-refractivity contribution is 0.713. The zero-order valence-corrected chi connectivity index (χ0v) is 12.9. The Balaban J connectivity index is 3.10. The standard InChI is InChI=1S/C18H27N/c1-6-9-10-11-17-13-18(15(5)19-8-3)14(4)12-16(17)7-2/h8,12-13H,3,6-7,9-11H2,1-2,4-5H3. The summed E-state index contributed by atoms with van der Waals surface area (Å²) in [6.45, 7) is 12.4. The summed E-state index contributed by atoms with van der Waals surface area (Å²) in [5.74, 6) is 0. The average Bonchev–Trinajstić information content (AvgIpc) is 2.40. The maximum atomic E-state index is 4.33. The third kappa shape index (κ3) is 4.34. The summed E-state index contributed by atoms with van der Waals surface area (Å²) >= 11 is 0. The molecule has 0 spiro atoms. The quantitative estimate of drug-likeness (QED) is 0.468. The molecule has 0 amide bonds. The van der Waals surface area contributed by atoms with Gasteiger partial charge >= 0.3 is 0 Å². The smallest absolute Gasteiger partial charge is 0.0447 e. The van der Waals surface area contributed by atoms with Crippen molar-refractivity contribution in [1.82, 2.24) is 0 Å². The van der Waals surface area contributed by atoms with Crippen molar-refractivity contribution in [2.45, 2.75) is 59.8 Å². The first kappa shape index (κ1) is 15.7. The molecule has 0 aliphatic carbocycles. The number of aryl methyl sites for hydroxylation is 3. The molecule has 0 unspecified atom stereocenters. The number of nitrogens with zero attached hydrogens (tertiary/aromatic N) is 1. The molecule has 1 heteroatoms. The molecule has 0 aromatic heterocycles. The summed E-state index contributed by atoms with van der Waals surface area (Å²) in [6, 6.07) is 4.67. The fourth-order valence-electron chi connectivity index (χ4n) is 2.54. The lowest BCUT2D eigenvalue weighted by Crippen LogP contribution is -2.03. The number of aliphatic imine (C=N–C) groups is 1. The van der Waals surface area contributed by atoms with Crippen LogP contribution >= 0.6 is 0 Å². The van der Waals surface area contributed by atoms with Crippen molar-refractivity contribution in [3.05, 3.63) is 47.2 Å². The van der Waals surface area contributed by atoms with Crippen molar-refractivity contribution in [2.75, 3.05) is 0 Å². The molecule has 0 atom stereocenters. The van der Waals surface area contributed by atoms with Gasteiger partial charge in [0.1, 0.15) is 0 Å². The van der Waals surface area contributed by atoms with Crippen LogP contribution in [0.25, 0.3) is 0 Å². The Hall–Kier alpha value is -1.37. The highest BCUT2D eigenvalue weighted by molar-refractivity contribution is 6.00. The molecule has 0 saturated carbocycles. The molecule has 1 rings (SSSR count). The Morgan fingerprint density at radius 3 is 2.53 bits per heavy atom. The van der Waals surface area contributed by atoms with Gasteiger partial charge in [-0.15, -0.1) is 0 Å². The maximum absolute atomic E-state index is 4.33.